The maximum atomic E-state index is 11.1. The summed E-state index contributed by atoms with van der Waals surface area (Å²) >= 11 is 1.90. The molecule has 4 heteroatoms. The lowest BCUT2D eigenvalue weighted by Crippen LogP contribution is -2.35. The van der Waals surface area contributed by atoms with Gasteiger partial charge < -0.3 is 4.84 Å². The lowest BCUT2D eigenvalue weighted by Gasteiger charge is -2.25. The molecule has 1 aliphatic rings. The van der Waals surface area contributed by atoms with Gasteiger partial charge in [0.25, 0.3) is 0 Å². The molecule has 0 N–H and O–H groups in total. The van der Waals surface area contributed by atoms with Crippen molar-refractivity contribution in [1.29, 1.82) is 0 Å². The van der Waals surface area contributed by atoms with Gasteiger partial charge in [-0.3, -0.25) is 4.79 Å². The highest BCUT2D eigenvalue weighted by atomic mass is 32.2. The van der Waals surface area contributed by atoms with Crippen molar-refractivity contribution in [3.63, 3.8) is 0 Å². The van der Waals surface area contributed by atoms with Gasteiger partial charge in [-0.25, -0.2) is 0 Å². The molecular formula is C8H15NO2S. The summed E-state index contributed by atoms with van der Waals surface area (Å²) in [5, 5.41) is 1.76. The topological polar surface area (TPSA) is 29.5 Å². The van der Waals surface area contributed by atoms with Gasteiger partial charge in [0, 0.05) is 24.6 Å². The minimum atomic E-state index is -0.123. The van der Waals surface area contributed by atoms with E-state index in [1.165, 1.54) is 0 Å². The van der Waals surface area contributed by atoms with E-state index in [1.54, 1.807) is 5.06 Å². The quantitative estimate of drug-likeness (QED) is 0.651. The van der Waals surface area contributed by atoms with Crippen molar-refractivity contribution in [2.45, 2.75) is 13.8 Å². The van der Waals surface area contributed by atoms with E-state index in [4.69, 9.17) is 4.84 Å². The summed E-state index contributed by atoms with van der Waals surface area (Å²) in [6, 6.07) is 0. The lowest BCUT2D eigenvalue weighted by atomic mass is 10.2. The van der Waals surface area contributed by atoms with Crippen LogP contribution in [0.4, 0.5) is 0 Å². The molecule has 1 saturated heterocycles. The van der Waals surface area contributed by atoms with Gasteiger partial charge in [0.15, 0.2) is 0 Å². The smallest absolute Gasteiger partial charge is 0.327 e. The maximum Gasteiger partial charge on any atom is 0.327 e. The van der Waals surface area contributed by atoms with Gasteiger partial charge in [0.1, 0.15) is 0 Å². The van der Waals surface area contributed by atoms with Gasteiger partial charge in [0.05, 0.1) is 5.92 Å². The molecule has 0 atom stereocenters. The zero-order valence-corrected chi connectivity index (χ0v) is 8.39. The van der Waals surface area contributed by atoms with Crippen LogP contribution >= 0.6 is 11.8 Å². The predicted octanol–water partition coefficient (Wildman–Crippen LogP) is 1.15. The van der Waals surface area contributed by atoms with E-state index in [0.717, 1.165) is 24.6 Å². The number of hydroxylamine groups is 2. The molecule has 1 heterocycles. The van der Waals surface area contributed by atoms with E-state index >= 15 is 0 Å². The Morgan fingerprint density at radius 1 is 1.42 bits per heavy atom. The highest BCUT2D eigenvalue weighted by Gasteiger charge is 2.16. The van der Waals surface area contributed by atoms with Crippen LogP contribution in [-0.4, -0.2) is 35.6 Å². The van der Waals surface area contributed by atoms with Crippen molar-refractivity contribution in [2.24, 2.45) is 5.92 Å². The number of carbonyl (C=O) groups excluding carboxylic acids is 1. The fraction of sp³-hybridized carbons (Fsp3) is 0.875. The Labute approximate surface area is 77.4 Å². The summed E-state index contributed by atoms with van der Waals surface area (Å²) < 4.78 is 0. The van der Waals surface area contributed by atoms with Crippen molar-refractivity contribution < 1.29 is 9.63 Å². The van der Waals surface area contributed by atoms with Crippen molar-refractivity contribution in [3.8, 4) is 0 Å². The van der Waals surface area contributed by atoms with Crippen molar-refractivity contribution in [1.82, 2.24) is 5.06 Å². The number of nitrogens with zero attached hydrogens (tertiary/aromatic N) is 1. The summed E-state index contributed by atoms with van der Waals surface area (Å²) in [6.45, 7) is 5.42. The molecule has 0 aromatic carbocycles. The molecule has 0 aromatic heterocycles. The third-order valence-electron chi connectivity index (χ3n) is 1.66. The van der Waals surface area contributed by atoms with Crippen molar-refractivity contribution in [3.05, 3.63) is 0 Å². The zero-order valence-electron chi connectivity index (χ0n) is 7.58. The first-order chi connectivity index (χ1) is 5.70. The lowest BCUT2D eigenvalue weighted by molar-refractivity contribution is -0.192. The SMILES string of the molecule is CC(C)C(=O)ON1CCSCC1. The maximum absolute atomic E-state index is 11.1. The van der Waals surface area contributed by atoms with Crippen LogP contribution in [0.5, 0.6) is 0 Å². The second-order valence-electron chi connectivity index (χ2n) is 3.11. The molecule has 0 amide bonds. The van der Waals surface area contributed by atoms with Gasteiger partial charge in [-0.2, -0.15) is 11.8 Å². The van der Waals surface area contributed by atoms with E-state index in [9.17, 15) is 4.79 Å². The normalized spacial score (nSPS) is 19.6. The summed E-state index contributed by atoms with van der Waals surface area (Å²) in [6.07, 6.45) is 0. The molecular weight excluding hydrogens is 174 g/mol. The Kier molecular flexibility index (Phi) is 3.88. The monoisotopic (exact) mass is 189 g/mol. The molecule has 0 aromatic rings. The molecule has 0 unspecified atom stereocenters. The molecule has 0 bridgehead atoms. The minimum absolute atomic E-state index is 0.0282. The van der Waals surface area contributed by atoms with Crippen molar-refractivity contribution >= 4 is 17.7 Å². The molecule has 0 spiro atoms. The molecule has 70 valence electrons. The molecule has 1 aliphatic heterocycles. The van der Waals surface area contributed by atoms with Gasteiger partial charge in [-0.1, -0.05) is 13.8 Å². The number of thioether (sulfide) groups is 1. The molecule has 0 saturated carbocycles. The van der Waals surface area contributed by atoms with Crippen molar-refractivity contribution in [2.75, 3.05) is 24.6 Å². The van der Waals surface area contributed by atoms with Crippen LogP contribution in [0.15, 0.2) is 0 Å². The van der Waals surface area contributed by atoms with Gasteiger partial charge in [0.2, 0.25) is 0 Å². The Morgan fingerprint density at radius 2 is 2.00 bits per heavy atom. The number of rotatable bonds is 2. The first kappa shape index (κ1) is 9.86. The summed E-state index contributed by atoms with van der Waals surface area (Å²) in [4.78, 5) is 16.3. The average molecular weight is 189 g/mol. The fourth-order valence-corrected chi connectivity index (χ4v) is 1.74. The predicted molar refractivity (Wildman–Crippen MR) is 49.8 cm³/mol. The van der Waals surface area contributed by atoms with E-state index in [1.807, 2.05) is 25.6 Å². The van der Waals surface area contributed by atoms with Crippen LogP contribution < -0.4 is 0 Å². The highest BCUT2D eigenvalue weighted by Crippen LogP contribution is 2.10. The van der Waals surface area contributed by atoms with Crippen LogP contribution in [-0.2, 0) is 9.63 Å². The van der Waals surface area contributed by atoms with Gasteiger partial charge in [-0.05, 0) is 0 Å². The second-order valence-corrected chi connectivity index (χ2v) is 4.33. The molecule has 1 rings (SSSR count). The van der Waals surface area contributed by atoms with Crippen LogP contribution in [0, 0.1) is 5.92 Å². The fourth-order valence-electron chi connectivity index (χ4n) is 0.871. The Hall–Kier alpha value is -0.220. The summed E-state index contributed by atoms with van der Waals surface area (Å²) in [7, 11) is 0. The zero-order chi connectivity index (χ0) is 8.97. The van der Waals surface area contributed by atoms with E-state index < -0.39 is 0 Å². The number of hydrogen-bond acceptors (Lipinski definition) is 4. The molecule has 0 radical (unpaired) electrons. The Morgan fingerprint density at radius 3 is 2.50 bits per heavy atom. The molecule has 1 fully saturated rings. The molecule has 0 aliphatic carbocycles. The van der Waals surface area contributed by atoms with Crippen LogP contribution in [0.25, 0.3) is 0 Å². The van der Waals surface area contributed by atoms with Crippen LogP contribution in [0.1, 0.15) is 13.8 Å². The standard InChI is InChI=1S/C8H15NO2S/c1-7(2)8(10)11-9-3-5-12-6-4-9/h7H,3-6H2,1-2H3. The highest BCUT2D eigenvalue weighted by molar-refractivity contribution is 7.99. The first-order valence-corrected chi connectivity index (χ1v) is 5.40. The van der Waals surface area contributed by atoms with E-state index in [-0.39, 0.29) is 11.9 Å². The van der Waals surface area contributed by atoms with E-state index in [0.29, 0.717) is 0 Å². The van der Waals surface area contributed by atoms with Crippen LogP contribution in [0.2, 0.25) is 0 Å². The minimum Gasteiger partial charge on any atom is -0.368 e. The molecule has 3 nitrogen and oxygen atoms in total. The van der Waals surface area contributed by atoms with Gasteiger partial charge in [-0.15, -0.1) is 5.06 Å². The average Bonchev–Trinajstić information content (AvgIpc) is 2.06. The van der Waals surface area contributed by atoms with Gasteiger partial charge >= 0.3 is 5.97 Å². The van der Waals surface area contributed by atoms with Crippen LogP contribution in [0.3, 0.4) is 0 Å². The largest absolute Gasteiger partial charge is 0.368 e. The number of hydrogen-bond donors (Lipinski definition) is 0. The third-order valence-corrected chi connectivity index (χ3v) is 2.60. The summed E-state index contributed by atoms with van der Waals surface area (Å²) in [5.41, 5.74) is 0. The molecule has 12 heavy (non-hydrogen) atoms. The van der Waals surface area contributed by atoms with E-state index in [2.05, 4.69) is 0 Å². The third kappa shape index (κ3) is 3.03. The number of carbonyl (C=O) groups is 1. The Balaban J connectivity index is 2.24. The Bertz CT molecular complexity index is 155. The first-order valence-electron chi connectivity index (χ1n) is 4.24. The second kappa shape index (κ2) is 4.72. The summed E-state index contributed by atoms with van der Waals surface area (Å²) in [5.74, 6) is 1.97.